The highest BCUT2D eigenvalue weighted by atomic mass is 35.5. The lowest BCUT2D eigenvalue weighted by Gasteiger charge is -2.30. The third kappa shape index (κ3) is 2.28. The number of anilines is 1. The van der Waals surface area contributed by atoms with Crippen molar-refractivity contribution in [2.24, 2.45) is 5.73 Å². The van der Waals surface area contributed by atoms with Crippen LogP contribution in [0.3, 0.4) is 0 Å². The highest BCUT2D eigenvalue weighted by molar-refractivity contribution is 6.33. The van der Waals surface area contributed by atoms with Gasteiger partial charge >= 0.3 is 0 Å². The van der Waals surface area contributed by atoms with E-state index in [1.165, 1.54) is 0 Å². The Morgan fingerprint density at radius 2 is 2.06 bits per heavy atom. The zero-order chi connectivity index (χ0) is 11.5. The number of carbonyl (C=O) groups is 1. The van der Waals surface area contributed by atoms with E-state index in [0.717, 1.165) is 31.9 Å². The van der Waals surface area contributed by atoms with Crippen LogP contribution in [0.25, 0.3) is 0 Å². The number of benzene rings is 1. The lowest BCUT2D eigenvalue weighted by Crippen LogP contribution is -2.43. The van der Waals surface area contributed by atoms with Gasteiger partial charge in [0.2, 0.25) is 5.91 Å². The van der Waals surface area contributed by atoms with Gasteiger partial charge in [-0.3, -0.25) is 4.79 Å². The molecule has 1 saturated heterocycles. The van der Waals surface area contributed by atoms with E-state index < -0.39 is 5.91 Å². The predicted octanol–water partition coefficient (Wildman–Crippen LogP) is 0.848. The van der Waals surface area contributed by atoms with E-state index in [0.29, 0.717) is 10.6 Å². The summed E-state index contributed by atoms with van der Waals surface area (Å²) >= 11 is 6.14. The van der Waals surface area contributed by atoms with Gasteiger partial charge in [0.15, 0.2) is 0 Å². The van der Waals surface area contributed by atoms with Crippen LogP contribution in [0.4, 0.5) is 5.69 Å². The largest absolute Gasteiger partial charge is 0.368 e. The van der Waals surface area contributed by atoms with Crippen LogP contribution in [-0.2, 0) is 0 Å². The van der Waals surface area contributed by atoms with Gasteiger partial charge in [0.25, 0.3) is 0 Å². The molecular formula is C11H14ClN3O. The first-order valence-corrected chi connectivity index (χ1v) is 5.61. The number of piperazine rings is 1. The molecule has 0 bridgehead atoms. The van der Waals surface area contributed by atoms with E-state index in [2.05, 4.69) is 10.2 Å². The Morgan fingerprint density at radius 1 is 1.38 bits per heavy atom. The van der Waals surface area contributed by atoms with Crippen LogP contribution in [0.1, 0.15) is 10.4 Å². The number of carbonyl (C=O) groups excluding carboxylic acids is 1. The zero-order valence-corrected chi connectivity index (χ0v) is 9.63. The molecule has 1 aromatic rings. The third-order valence-corrected chi connectivity index (χ3v) is 2.99. The molecule has 4 nitrogen and oxygen atoms in total. The van der Waals surface area contributed by atoms with Crippen molar-refractivity contribution in [3.63, 3.8) is 0 Å². The summed E-state index contributed by atoms with van der Waals surface area (Å²) in [6, 6.07) is 5.20. The van der Waals surface area contributed by atoms with Gasteiger partial charge in [-0.1, -0.05) is 11.6 Å². The summed E-state index contributed by atoms with van der Waals surface area (Å²) in [7, 11) is 0. The minimum Gasteiger partial charge on any atom is -0.368 e. The number of nitrogens with zero attached hydrogens (tertiary/aromatic N) is 1. The van der Waals surface area contributed by atoms with Gasteiger partial charge in [-0.05, 0) is 18.2 Å². The molecular weight excluding hydrogens is 226 g/mol. The molecule has 3 N–H and O–H groups in total. The fourth-order valence-corrected chi connectivity index (χ4v) is 2.12. The number of hydrogen-bond donors (Lipinski definition) is 2. The molecule has 0 aromatic heterocycles. The predicted molar refractivity (Wildman–Crippen MR) is 65.1 cm³/mol. The quantitative estimate of drug-likeness (QED) is 0.805. The summed E-state index contributed by atoms with van der Waals surface area (Å²) in [4.78, 5) is 13.2. The van der Waals surface area contributed by atoms with E-state index in [4.69, 9.17) is 17.3 Å². The number of hydrogen-bond acceptors (Lipinski definition) is 3. The molecule has 1 aliphatic heterocycles. The Balaban J connectivity index is 2.24. The standard InChI is InChI=1S/C11H14ClN3O/c12-9-7-8(11(13)16)1-2-10(9)15-5-3-14-4-6-15/h1-2,7,14H,3-6H2,(H2,13,16). The topological polar surface area (TPSA) is 58.4 Å². The van der Waals surface area contributed by atoms with Crippen molar-refractivity contribution in [2.45, 2.75) is 0 Å². The van der Waals surface area contributed by atoms with Crippen LogP contribution in [0.15, 0.2) is 18.2 Å². The second kappa shape index (κ2) is 4.72. The highest BCUT2D eigenvalue weighted by Gasteiger charge is 2.14. The summed E-state index contributed by atoms with van der Waals surface area (Å²) in [6.07, 6.45) is 0. The van der Waals surface area contributed by atoms with Gasteiger partial charge in [0, 0.05) is 31.7 Å². The average molecular weight is 240 g/mol. The Hall–Kier alpha value is -1.26. The van der Waals surface area contributed by atoms with Gasteiger partial charge in [-0.15, -0.1) is 0 Å². The summed E-state index contributed by atoms with van der Waals surface area (Å²) in [5, 5.41) is 3.86. The van der Waals surface area contributed by atoms with Gasteiger partial charge in [-0.25, -0.2) is 0 Å². The highest BCUT2D eigenvalue weighted by Crippen LogP contribution is 2.26. The van der Waals surface area contributed by atoms with Crippen molar-refractivity contribution in [1.29, 1.82) is 0 Å². The van der Waals surface area contributed by atoms with Crippen LogP contribution in [0.2, 0.25) is 5.02 Å². The van der Waals surface area contributed by atoms with Crippen molar-refractivity contribution in [1.82, 2.24) is 5.32 Å². The van der Waals surface area contributed by atoms with E-state index in [9.17, 15) is 4.79 Å². The van der Waals surface area contributed by atoms with Gasteiger partial charge in [0.05, 0.1) is 10.7 Å². The zero-order valence-electron chi connectivity index (χ0n) is 8.87. The SMILES string of the molecule is NC(=O)c1ccc(N2CCNCC2)c(Cl)c1. The molecule has 1 aromatic carbocycles. The molecule has 0 aliphatic carbocycles. The summed E-state index contributed by atoms with van der Waals surface area (Å²) < 4.78 is 0. The molecule has 0 saturated carbocycles. The van der Waals surface area contributed by atoms with Crippen molar-refractivity contribution in [3.05, 3.63) is 28.8 Å². The monoisotopic (exact) mass is 239 g/mol. The Labute approximate surface area is 99.4 Å². The average Bonchev–Trinajstić information content (AvgIpc) is 2.30. The number of nitrogens with one attached hydrogen (secondary N) is 1. The fraction of sp³-hybridized carbons (Fsp3) is 0.364. The maximum atomic E-state index is 11.0. The Kier molecular flexibility index (Phi) is 3.31. The first-order chi connectivity index (χ1) is 7.68. The number of halogens is 1. The molecule has 1 amide bonds. The van der Waals surface area contributed by atoms with Crippen molar-refractivity contribution < 1.29 is 4.79 Å². The van der Waals surface area contributed by atoms with Crippen molar-refractivity contribution in [3.8, 4) is 0 Å². The third-order valence-electron chi connectivity index (χ3n) is 2.69. The number of rotatable bonds is 2. The molecule has 5 heteroatoms. The molecule has 16 heavy (non-hydrogen) atoms. The number of primary amides is 1. The van der Waals surface area contributed by atoms with E-state index in [1.54, 1.807) is 12.1 Å². The van der Waals surface area contributed by atoms with Gasteiger partial charge in [0.1, 0.15) is 0 Å². The van der Waals surface area contributed by atoms with Crippen LogP contribution >= 0.6 is 11.6 Å². The summed E-state index contributed by atoms with van der Waals surface area (Å²) in [5.41, 5.74) is 6.60. The molecule has 0 unspecified atom stereocenters. The Morgan fingerprint density at radius 3 is 2.62 bits per heavy atom. The maximum Gasteiger partial charge on any atom is 0.248 e. The number of amides is 1. The molecule has 0 radical (unpaired) electrons. The second-order valence-electron chi connectivity index (χ2n) is 3.77. The maximum absolute atomic E-state index is 11.0. The van der Waals surface area contributed by atoms with Crippen LogP contribution in [0, 0.1) is 0 Å². The first-order valence-electron chi connectivity index (χ1n) is 5.23. The summed E-state index contributed by atoms with van der Waals surface area (Å²) in [6.45, 7) is 3.76. The van der Waals surface area contributed by atoms with Crippen molar-refractivity contribution >= 4 is 23.2 Å². The lowest BCUT2D eigenvalue weighted by atomic mass is 10.1. The molecule has 0 atom stereocenters. The van der Waals surface area contributed by atoms with Crippen LogP contribution in [0.5, 0.6) is 0 Å². The van der Waals surface area contributed by atoms with Gasteiger partial charge in [-0.2, -0.15) is 0 Å². The molecule has 86 valence electrons. The second-order valence-corrected chi connectivity index (χ2v) is 4.17. The molecule has 1 fully saturated rings. The Bertz CT molecular complexity index is 402. The molecule has 2 rings (SSSR count). The molecule has 1 aliphatic rings. The van der Waals surface area contributed by atoms with Gasteiger partial charge < -0.3 is 16.0 Å². The first kappa shape index (κ1) is 11.2. The molecule has 0 spiro atoms. The minimum atomic E-state index is -0.450. The normalized spacial score (nSPS) is 16.2. The van der Waals surface area contributed by atoms with Crippen LogP contribution in [-0.4, -0.2) is 32.1 Å². The van der Waals surface area contributed by atoms with Crippen LogP contribution < -0.4 is 16.0 Å². The van der Waals surface area contributed by atoms with Crippen molar-refractivity contribution in [2.75, 3.05) is 31.1 Å². The smallest absolute Gasteiger partial charge is 0.248 e. The summed E-state index contributed by atoms with van der Waals surface area (Å²) in [5.74, 6) is -0.450. The van der Waals surface area contributed by atoms with E-state index in [-0.39, 0.29) is 0 Å². The molecule has 1 heterocycles. The fourth-order valence-electron chi connectivity index (χ4n) is 1.82. The van der Waals surface area contributed by atoms with E-state index in [1.807, 2.05) is 6.07 Å². The lowest BCUT2D eigenvalue weighted by molar-refractivity contribution is 0.100. The number of nitrogens with two attached hydrogens (primary N) is 1. The minimum absolute atomic E-state index is 0.448. The van der Waals surface area contributed by atoms with E-state index >= 15 is 0 Å².